The van der Waals surface area contributed by atoms with Crippen molar-refractivity contribution in [3.05, 3.63) is 42.0 Å². The van der Waals surface area contributed by atoms with Gasteiger partial charge in [-0.25, -0.2) is 0 Å². The van der Waals surface area contributed by atoms with Gasteiger partial charge in [0.05, 0.1) is 32.3 Å². The molecule has 0 bridgehead atoms. The van der Waals surface area contributed by atoms with Gasteiger partial charge in [-0.3, -0.25) is 0 Å². The third-order valence-electron chi connectivity index (χ3n) is 18.6. The summed E-state index contributed by atoms with van der Waals surface area (Å²) in [7, 11) is -9.74. The van der Waals surface area contributed by atoms with Crippen LogP contribution in [0, 0.1) is 0 Å². The Labute approximate surface area is 325 Å². The van der Waals surface area contributed by atoms with Crippen LogP contribution >= 0.6 is 0 Å². The second-order valence-electron chi connectivity index (χ2n) is 26.7. The van der Waals surface area contributed by atoms with Crippen LogP contribution in [0.1, 0.15) is 172 Å². The predicted molar refractivity (Wildman–Crippen MR) is 247 cm³/mol. The molecule has 294 valence electrons. The zero-order valence-corrected chi connectivity index (χ0v) is 44.0. The van der Waals surface area contributed by atoms with Crippen molar-refractivity contribution in [3.63, 3.8) is 0 Å². The van der Waals surface area contributed by atoms with E-state index in [1.165, 1.54) is 5.56 Å². The van der Waals surface area contributed by atoms with Crippen molar-refractivity contribution >= 4 is 37.9 Å². The number of fused-ring (bicyclic) bond motifs is 1. The van der Waals surface area contributed by atoms with Gasteiger partial charge < -0.3 is 0 Å². The average Bonchev–Trinajstić information content (AvgIpc) is 3.30. The van der Waals surface area contributed by atoms with Crippen LogP contribution in [0.4, 0.5) is 0 Å². The monoisotopic (exact) mass is 767 g/mol. The molecule has 1 aromatic carbocycles. The molecule has 0 amide bonds. The van der Waals surface area contributed by atoms with E-state index >= 15 is 0 Å². The minimum Gasteiger partial charge on any atom is -0.0762 e. The Bertz CT molecular complexity index is 1410. The lowest BCUT2D eigenvalue weighted by atomic mass is 9.90. The Morgan fingerprint density at radius 2 is 0.608 bits per heavy atom. The maximum Gasteiger partial charge on any atom is 0.0731 e. The number of rotatable bonds is 5. The van der Waals surface area contributed by atoms with E-state index in [1.54, 1.807) is 5.57 Å². The summed E-state index contributed by atoms with van der Waals surface area (Å²) in [6.45, 7) is 77.2. The Kier molecular flexibility index (Phi) is 10.2. The number of hydrogen-bond donors (Lipinski definition) is 0. The molecule has 2 aliphatic rings. The quantitative estimate of drug-likeness (QED) is 0.262. The van der Waals surface area contributed by atoms with Gasteiger partial charge in [0.15, 0.2) is 0 Å². The molecular formula is C47H90Si4. The largest absolute Gasteiger partial charge is 0.0762 e. The van der Waals surface area contributed by atoms with Crippen LogP contribution in [0.2, 0.25) is 81.2 Å². The van der Waals surface area contributed by atoms with Crippen LogP contribution in [0.5, 0.6) is 0 Å². The fraction of sp³-hybridized carbons (Fsp3) is 0.830. The van der Waals surface area contributed by atoms with E-state index in [9.17, 15) is 0 Å². The summed E-state index contributed by atoms with van der Waals surface area (Å²) < 4.78 is 0.196. The lowest BCUT2D eigenvalue weighted by molar-refractivity contribution is 0.539. The Morgan fingerprint density at radius 3 is 0.843 bits per heavy atom. The molecule has 1 saturated carbocycles. The first kappa shape index (κ1) is 45.2. The minimum atomic E-state index is -2.46. The predicted octanol–water partition coefficient (Wildman–Crippen LogP) is 17.6. The highest BCUT2D eigenvalue weighted by Gasteiger charge is 3.08. The topological polar surface area (TPSA) is 0 Å². The average molecular weight is 768 g/mol. The van der Waals surface area contributed by atoms with Crippen molar-refractivity contribution in [1.82, 2.24) is 0 Å². The van der Waals surface area contributed by atoms with E-state index in [2.05, 4.69) is 229 Å². The molecule has 0 N–H and O–H groups in total. The van der Waals surface area contributed by atoms with Crippen LogP contribution in [-0.4, -0.2) is 32.3 Å². The van der Waals surface area contributed by atoms with Crippen LogP contribution in [0.25, 0.3) is 5.57 Å². The molecule has 0 spiro atoms. The van der Waals surface area contributed by atoms with E-state index in [0.29, 0.717) is 0 Å². The lowest BCUT2D eigenvalue weighted by Gasteiger charge is -2.70. The third-order valence-corrected chi connectivity index (χ3v) is 56.4. The zero-order chi connectivity index (χ0) is 40.9. The first-order valence-electron chi connectivity index (χ1n) is 20.7. The summed E-state index contributed by atoms with van der Waals surface area (Å²) >= 11 is 0. The standard InChI is InChI=1S/C47H90Si4/c1-37(2,3)48(25,38(4,5)6)45-34-36(35-32-30-29-31-33-35)46(45,49(26,39(7,8)9)40(10,11)12)47(45,50(27,41(13,14)15)42(16,17)18)51(28,43(19,20)21)44(22,23)24/h29-34H,1-28H3/t45-,46+/m0/s1. The maximum absolute atomic E-state index is 3.14. The zero-order valence-electron chi connectivity index (χ0n) is 40.0. The molecule has 0 aromatic heterocycles. The first-order valence-corrected chi connectivity index (χ1v) is 30.7. The molecular weight excluding hydrogens is 677 g/mol. The third kappa shape index (κ3) is 4.69. The summed E-state index contributed by atoms with van der Waals surface area (Å²) in [5, 5.41) is 1.73. The first-order chi connectivity index (χ1) is 22.0. The van der Waals surface area contributed by atoms with Crippen molar-refractivity contribution in [2.24, 2.45) is 0 Å². The highest BCUT2D eigenvalue weighted by atomic mass is 28.4. The number of hydrogen-bond acceptors (Lipinski definition) is 0. The number of benzene rings is 1. The molecule has 0 nitrogen and oxygen atoms in total. The smallest absolute Gasteiger partial charge is 0.0731 e. The molecule has 0 saturated heterocycles. The van der Waals surface area contributed by atoms with E-state index in [0.717, 1.165) is 0 Å². The van der Waals surface area contributed by atoms with E-state index in [-0.39, 0.29) is 55.0 Å². The van der Waals surface area contributed by atoms with E-state index in [1.807, 2.05) is 0 Å². The van der Waals surface area contributed by atoms with Crippen molar-refractivity contribution in [1.29, 1.82) is 0 Å². The SMILES string of the molecule is CC(C)(C)[Si](C)(C(C)(C)C)C1([Si](C)(C(C)(C)C)C(C)(C)C)[C@@]2([Si](C)(C(C)(C)C)C(C)(C)C)C(c3ccccc3)=C[C@@]12[Si](C)(C(C)(C)C)C(C)(C)C. The highest BCUT2D eigenvalue weighted by Crippen LogP contribution is 3.18. The Hall–Kier alpha value is -0.172. The van der Waals surface area contributed by atoms with Gasteiger partial charge in [-0.05, 0) is 61.1 Å². The van der Waals surface area contributed by atoms with Crippen molar-refractivity contribution in [2.45, 2.75) is 247 Å². The Morgan fingerprint density at radius 1 is 0.353 bits per heavy atom. The second kappa shape index (κ2) is 11.5. The van der Waals surface area contributed by atoms with Gasteiger partial charge in [0.2, 0.25) is 0 Å². The molecule has 1 fully saturated rings. The van der Waals surface area contributed by atoms with Gasteiger partial charge in [0.25, 0.3) is 0 Å². The molecule has 0 radical (unpaired) electrons. The van der Waals surface area contributed by atoms with Crippen LogP contribution in [0.15, 0.2) is 36.4 Å². The van der Waals surface area contributed by atoms with E-state index in [4.69, 9.17) is 0 Å². The molecule has 0 unspecified atom stereocenters. The normalized spacial score (nSPS) is 24.5. The number of allylic oxidation sites excluding steroid dienone is 2. The van der Waals surface area contributed by atoms with Crippen molar-refractivity contribution < 1.29 is 0 Å². The van der Waals surface area contributed by atoms with Gasteiger partial charge in [-0.2, -0.15) is 0 Å². The summed E-state index contributed by atoms with van der Waals surface area (Å²) in [6.07, 6.45) is 3.14. The summed E-state index contributed by atoms with van der Waals surface area (Å²) in [5.74, 6) is 0. The fourth-order valence-electron chi connectivity index (χ4n) is 15.4. The van der Waals surface area contributed by atoms with Crippen LogP contribution in [0.3, 0.4) is 0 Å². The minimum absolute atomic E-state index is 0.120. The summed E-state index contributed by atoms with van der Waals surface area (Å²) in [6, 6.07) is 12.0. The molecule has 1 aromatic rings. The molecule has 0 aliphatic heterocycles. The van der Waals surface area contributed by atoms with Crippen molar-refractivity contribution in [3.8, 4) is 0 Å². The van der Waals surface area contributed by atoms with E-state index < -0.39 is 32.3 Å². The van der Waals surface area contributed by atoms with Crippen molar-refractivity contribution in [2.75, 3.05) is 0 Å². The van der Waals surface area contributed by atoms with Gasteiger partial charge in [-0.15, -0.1) is 0 Å². The molecule has 0 heterocycles. The molecule has 3 rings (SSSR count). The van der Waals surface area contributed by atoms with Gasteiger partial charge in [-0.1, -0.05) is 229 Å². The summed E-state index contributed by atoms with van der Waals surface area (Å²) in [5.41, 5.74) is 3.31. The van der Waals surface area contributed by atoms with Crippen LogP contribution < -0.4 is 0 Å². The lowest BCUT2D eigenvalue weighted by Crippen LogP contribution is -2.71. The maximum atomic E-state index is 3.14. The molecule has 2 aliphatic carbocycles. The van der Waals surface area contributed by atoms with Crippen LogP contribution in [-0.2, 0) is 0 Å². The summed E-state index contributed by atoms with van der Waals surface area (Å²) in [4.78, 5) is 0. The fourth-order valence-corrected chi connectivity index (χ4v) is 59.4. The highest BCUT2D eigenvalue weighted by molar-refractivity contribution is 7.16. The van der Waals surface area contributed by atoms with Gasteiger partial charge >= 0.3 is 0 Å². The van der Waals surface area contributed by atoms with Gasteiger partial charge in [0, 0.05) is 5.04 Å². The molecule has 51 heavy (non-hydrogen) atoms. The van der Waals surface area contributed by atoms with Gasteiger partial charge in [0.1, 0.15) is 0 Å². The molecule has 2 atom stereocenters. The second-order valence-corrected chi connectivity index (χ2v) is 51.3. The Balaban J connectivity index is 3.23. The molecule has 4 heteroatoms.